The minimum absolute atomic E-state index is 0.0847. The molecule has 1 rings (SSSR count). The Balaban J connectivity index is 3.07. The van der Waals surface area contributed by atoms with E-state index in [2.05, 4.69) is 4.72 Å². The summed E-state index contributed by atoms with van der Waals surface area (Å²) in [6.45, 7) is 3.34. The molecular formula is C12H17F2NO3S. The van der Waals surface area contributed by atoms with Gasteiger partial charge in [-0.05, 0) is 24.5 Å². The predicted molar refractivity (Wildman–Crippen MR) is 67.0 cm³/mol. The van der Waals surface area contributed by atoms with E-state index in [0.717, 1.165) is 18.2 Å². The third-order valence-corrected chi connectivity index (χ3v) is 4.26. The minimum atomic E-state index is -4.16. The molecule has 0 aliphatic heterocycles. The Bertz CT molecular complexity index is 532. The number of aliphatic hydroxyl groups excluding tert-OH is 1. The van der Waals surface area contributed by atoms with Gasteiger partial charge in [-0.15, -0.1) is 0 Å². The van der Waals surface area contributed by atoms with Crippen LogP contribution in [0.15, 0.2) is 23.1 Å². The molecule has 0 bridgehead atoms. The van der Waals surface area contributed by atoms with Gasteiger partial charge in [-0.1, -0.05) is 19.9 Å². The van der Waals surface area contributed by atoms with Crippen LogP contribution in [0.3, 0.4) is 0 Å². The summed E-state index contributed by atoms with van der Waals surface area (Å²) < 4.78 is 52.8. The van der Waals surface area contributed by atoms with Gasteiger partial charge in [-0.25, -0.2) is 21.9 Å². The van der Waals surface area contributed by atoms with Crippen LogP contribution in [-0.2, 0) is 10.0 Å². The maximum Gasteiger partial charge on any atom is 0.243 e. The molecular weight excluding hydrogens is 276 g/mol. The molecule has 7 heteroatoms. The van der Waals surface area contributed by atoms with Gasteiger partial charge in [-0.3, -0.25) is 0 Å². The van der Waals surface area contributed by atoms with Crippen LogP contribution in [0.1, 0.15) is 20.3 Å². The Kier molecular flexibility index (Phi) is 5.39. The number of hydrogen-bond donors (Lipinski definition) is 2. The fourth-order valence-corrected chi connectivity index (χ4v) is 3.13. The predicted octanol–water partition coefficient (Wildman–Crippen LogP) is 1.65. The van der Waals surface area contributed by atoms with Gasteiger partial charge in [0.25, 0.3) is 0 Å². The zero-order valence-electron chi connectivity index (χ0n) is 10.7. The summed E-state index contributed by atoms with van der Waals surface area (Å²) in [6, 6.07) is 2.43. The third kappa shape index (κ3) is 3.95. The molecule has 1 atom stereocenters. The van der Waals surface area contributed by atoms with Crippen molar-refractivity contribution < 1.29 is 22.3 Å². The molecule has 1 aromatic rings. The smallest absolute Gasteiger partial charge is 0.243 e. The molecule has 108 valence electrons. The van der Waals surface area contributed by atoms with Gasteiger partial charge in [0.2, 0.25) is 10.0 Å². The molecule has 0 aliphatic rings. The van der Waals surface area contributed by atoms with Gasteiger partial charge in [0, 0.05) is 12.6 Å². The summed E-state index contributed by atoms with van der Waals surface area (Å²) in [6.07, 6.45) is 0.202. The minimum Gasteiger partial charge on any atom is -0.396 e. The highest BCUT2D eigenvalue weighted by Crippen LogP contribution is 2.18. The summed E-state index contributed by atoms with van der Waals surface area (Å²) in [5, 5.41) is 8.88. The summed E-state index contributed by atoms with van der Waals surface area (Å²) in [5.41, 5.74) is 0. The summed E-state index contributed by atoms with van der Waals surface area (Å²) in [5.74, 6) is -2.70. The Morgan fingerprint density at radius 1 is 1.32 bits per heavy atom. The van der Waals surface area contributed by atoms with Crippen molar-refractivity contribution in [3.63, 3.8) is 0 Å². The van der Waals surface area contributed by atoms with Crippen molar-refractivity contribution in [3.05, 3.63) is 29.8 Å². The molecule has 0 saturated heterocycles. The first-order valence-corrected chi connectivity index (χ1v) is 7.35. The van der Waals surface area contributed by atoms with Gasteiger partial charge < -0.3 is 5.11 Å². The van der Waals surface area contributed by atoms with Crippen LogP contribution in [0.4, 0.5) is 8.78 Å². The van der Waals surface area contributed by atoms with E-state index in [1.807, 2.05) is 0 Å². The number of sulfonamides is 1. The molecule has 2 N–H and O–H groups in total. The molecule has 1 aromatic carbocycles. The molecule has 0 radical (unpaired) electrons. The van der Waals surface area contributed by atoms with Crippen molar-refractivity contribution in [3.8, 4) is 0 Å². The van der Waals surface area contributed by atoms with Gasteiger partial charge in [0.15, 0.2) is 11.6 Å². The van der Waals surface area contributed by atoms with E-state index in [9.17, 15) is 17.2 Å². The number of hydrogen-bond acceptors (Lipinski definition) is 3. The molecule has 0 aliphatic carbocycles. The van der Waals surface area contributed by atoms with E-state index in [-0.39, 0.29) is 18.9 Å². The van der Waals surface area contributed by atoms with E-state index >= 15 is 0 Å². The molecule has 0 unspecified atom stereocenters. The zero-order chi connectivity index (χ0) is 14.6. The topological polar surface area (TPSA) is 66.4 Å². The lowest BCUT2D eigenvalue weighted by atomic mass is 10.0. The molecule has 4 nitrogen and oxygen atoms in total. The Morgan fingerprint density at radius 3 is 2.47 bits per heavy atom. The lowest BCUT2D eigenvalue weighted by Gasteiger charge is -2.21. The van der Waals surface area contributed by atoms with Crippen LogP contribution in [0.2, 0.25) is 0 Å². The SMILES string of the molecule is CC(C)[C@@H](CCO)NS(=O)(=O)c1cccc(F)c1F. The van der Waals surface area contributed by atoms with Gasteiger partial charge in [0.1, 0.15) is 4.90 Å². The standard InChI is InChI=1S/C12H17F2NO3S/c1-8(2)10(6-7-16)15-19(17,18)11-5-3-4-9(13)12(11)14/h3-5,8,10,15-16H,6-7H2,1-2H3/t10-/m1/s1. The van der Waals surface area contributed by atoms with Crippen molar-refractivity contribution in [1.82, 2.24) is 4.72 Å². The molecule has 0 spiro atoms. The zero-order valence-corrected chi connectivity index (χ0v) is 11.5. The van der Waals surface area contributed by atoms with Crippen LogP contribution in [-0.4, -0.2) is 26.2 Å². The molecule has 0 amide bonds. The third-order valence-electron chi connectivity index (χ3n) is 2.76. The quantitative estimate of drug-likeness (QED) is 0.838. The first kappa shape index (κ1) is 16.0. The number of benzene rings is 1. The van der Waals surface area contributed by atoms with Gasteiger partial charge in [0.05, 0.1) is 0 Å². The Labute approximate surface area is 111 Å². The van der Waals surface area contributed by atoms with E-state index in [1.165, 1.54) is 0 Å². The second-order valence-corrected chi connectivity index (χ2v) is 6.22. The van der Waals surface area contributed by atoms with Gasteiger partial charge in [-0.2, -0.15) is 0 Å². The van der Waals surface area contributed by atoms with Crippen LogP contribution in [0, 0.1) is 17.6 Å². The van der Waals surface area contributed by atoms with Gasteiger partial charge >= 0.3 is 0 Å². The highest BCUT2D eigenvalue weighted by Gasteiger charge is 2.26. The van der Waals surface area contributed by atoms with Crippen molar-refractivity contribution in [2.75, 3.05) is 6.61 Å². The monoisotopic (exact) mass is 293 g/mol. The van der Waals surface area contributed by atoms with E-state index in [0.29, 0.717) is 0 Å². The van der Waals surface area contributed by atoms with Crippen molar-refractivity contribution in [2.45, 2.75) is 31.2 Å². The second-order valence-electron chi connectivity index (χ2n) is 4.54. The van der Waals surface area contributed by atoms with Crippen molar-refractivity contribution in [2.24, 2.45) is 5.92 Å². The fraction of sp³-hybridized carbons (Fsp3) is 0.500. The van der Waals surface area contributed by atoms with Crippen LogP contribution in [0.25, 0.3) is 0 Å². The molecule has 0 aromatic heterocycles. The number of halogens is 2. The average Bonchev–Trinajstić information content (AvgIpc) is 2.31. The van der Waals surface area contributed by atoms with E-state index in [1.54, 1.807) is 13.8 Å². The Hall–Kier alpha value is -1.05. The lowest BCUT2D eigenvalue weighted by Crippen LogP contribution is -2.39. The van der Waals surface area contributed by atoms with E-state index < -0.39 is 32.6 Å². The summed E-state index contributed by atoms with van der Waals surface area (Å²) >= 11 is 0. The maximum atomic E-state index is 13.5. The Morgan fingerprint density at radius 2 is 1.95 bits per heavy atom. The fourth-order valence-electron chi connectivity index (χ4n) is 1.62. The maximum absolute atomic E-state index is 13.5. The average molecular weight is 293 g/mol. The van der Waals surface area contributed by atoms with Crippen LogP contribution < -0.4 is 4.72 Å². The number of aliphatic hydroxyl groups is 1. The molecule has 0 heterocycles. The largest absolute Gasteiger partial charge is 0.396 e. The first-order chi connectivity index (χ1) is 8.79. The molecule has 0 fully saturated rings. The highest BCUT2D eigenvalue weighted by atomic mass is 32.2. The molecule has 0 saturated carbocycles. The number of rotatable bonds is 6. The lowest BCUT2D eigenvalue weighted by molar-refractivity contribution is 0.255. The van der Waals surface area contributed by atoms with Crippen molar-refractivity contribution in [1.29, 1.82) is 0 Å². The summed E-state index contributed by atoms with van der Waals surface area (Å²) in [7, 11) is -4.16. The second kappa shape index (κ2) is 6.40. The number of nitrogens with one attached hydrogen (secondary N) is 1. The van der Waals surface area contributed by atoms with Crippen molar-refractivity contribution >= 4 is 10.0 Å². The molecule has 19 heavy (non-hydrogen) atoms. The van der Waals surface area contributed by atoms with Crippen LogP contribution in [0.5, 0.6) is 0 Å². The first-order valence-electron chi connectivity index (χ1n) is 5.86. The van der Waals surface area contributed by atoms with Crippen LogP contribution >= 0.6 is 0 Å². The highest BCUT2D eigenvalue weighted by molar-refractivity contribution is 7.89. The normalized spacial score (nSPS) is 13.8. The summed E-state index contributed by atoms with van der Waals surface area (Å²) in [4.78, 5) is -0.726. The van der Waals surface area contributed by atoms with E-state index in [4.69, 9.17) is 5.11 Å².